The number of benzene rings is 2. The minimum absolute atomic E-state index is 0.135. The molecule has 0 spiro atoms. The summed E-state index contributed by atoms with van der Waals surface area (Å²) in [6.45, 7) is 1.83. The van der Waals surface area contributed by atoms with Gasteiger partial charge in [0.2, 0.25) is 5.89 Å². The molecule has 0 aliphatic rings. The Bertz CT molecular complexity index is 906. The zero-order valence-corrected chi connectivity index (χ0v) is 13.1. The first-order valence-corrected chi connectivity index (χ1v) is 7.50. The number of fused-ring (bicyclic) bond motifs is 1. The molecule has 0 aliphatic carbocycles. The highest BCUT2D eigenvalue weighted by Crippen LogP contribution is 2.13. The molecule has 1 atom stereocenters. The van der Waals surface area contributed by atoms with E-state index < -0.39 is 17.8 Å². The van der Waals surface area contributed by atoms with Gasteiger partial charge in [-0.3, -0.25) is 0 Å². The number of nitrogens with one attached hydrogen (secondary N) is 1. The number of para-hydroxylation sites is 1. The number of hydrogen-bond donors (Lipinski definition) is 1. The Morgan fingerprint density at radius 2 is 1.88 bits per heavy atom. The standard InChI is InChI=1S/C18H16N2O4/c1-12(19-18(22)23-11-13-7-3-2-4-8-13)16-20-15-10-6-5-9-14(15)17(21)24-16/h2-10,12H,11H2,1H3,(H,19,22). The summed E-state index contributed by atoms with van der Waals surface area (Å²) in [5, 5.41) is 3.00. The van der Waals surface area contributed by atoms with Gasteiger partial charge in [-0.05, 0) is 24.6 Å². The molecule has 2 aromatic carbocycles. The van der Waals surface area contributed by atoms with Crippen LogP contribution in [-0.4, -0.2) is 11.1 Å². The van der Waals surface area contributed by atoms with Crippen molar-refractivity contribution in [2.24, 2.45) is 0 Å². The van der Waals surface area contributed by atoms with Crippen molar-refractivity contribution in [1.82, 2.24) is 10.3 Å². The monoisotopic (exact) mass is 324 g/mol. The summed E-state index contributed by atoms with van der Waals surface area (Å²) in [5.41, 5.74) is 0.924. The molecule has 0 saturated carbocycles. The molecule has 3 aromatic rings. The van der Waals surface area contributed by atoms with E-state index in [9.17, 15) is 9.59 Å². The molecule has 1 heterocycles. The lowest BCUT2D eigenvalue weighted by Gasteiger charge is -2.12. The minimum Gasteiger partial charge on any atom is -0.445 e. The molecule has 1 amide bonds. The average molecular weight is 324 g/mol. The van der Waals surface area contributed by atoms with Gasteiger partial charge < -0.3 is 14.5 Å². The number of rotatable bonds is 4. The number of nitrogens with zero attached hydrogens (tertiary/aromatic N) is 1. The molecule has 0 aliphatic heterocycles. The first-order valence-electron chi connectivity index (χ1n) is 7.50. The van der Waals surface area contributed by atoms with Gasteiger partial charge in [0.05, 0.1) is 10.9 Å². The Labute approximate surface area is 138 Å². The fourth-order valence-corrected chi connectivity index (χ4v) is 2.22. The second-order valence-corrected chi connectivity index (χ2v) is 5.28. The zero-order valence-electron chi connectivity index (χ0n) is 13.1. The number of carbonyl (C=O) groups excluding carboxylic acids is 1. The number of carbonyl (C=O) groups is 1. The van der Waals surface area contributed by atoms with Crippen LogP contribution in [0.2, 0.25) is 0 Å². The minimum atomic E-state index is -0.607. The van der Waals surface area contributed by atoms with Crippen molar-refractivity contribution in [3.8, 4) is 0 Å². The van der Waals surface area contributed by atoms with E-state index in [0.717, 1.165) is 5.56 Å². The van der Waals surface area contributed by atoms with Gasteiger partial charge in [-0.2, -0.15) is 0 Å². The van der Waals surface area contributed by atoms with Crippen LogP contribution < -0.4 is 10.9 Å². The van der Waals surface area contributed by atoms with Crippen LogP contribution in [0.5, 0.6) is 0 Å². The lowest BCUT2D eigenvalue weighted by Crippen LogP contribution is -2.28. The summed E-state index contributed by atoms with van der Waals surface area (Å²) in [6, 6.07) is 15.6. The number of ether oxygens (including phenoxy) is 1. The van der Waals surface area contributed by atoms with Gasteiger partial charge in [0.25, 0.3) is 0 Å². The Hall–Kier alpha value is -3.15. The highest BCUT2D eigenvalue weighted by molar-refractivity contribution is 5.76. The maximum Gasteiger partial charge on any atom is 0.408 e. The van der Waals surface area contributed by atoms with E-state index in [-0.39, 0.29) is 12.5 Å². The number of amides is 1. The summed E-state index contributed by atoms with van der Waals surface area (Å²) < 4.78 is 10.3. The molecule has 0 fully saturated rings. The van der Waals surface area contributed by atoms with Gasteiger partial charge in [0.1, 0.15) is 12.6 Å². The van der Waals surface area contributed by atoms with Crippen molar-refractivity contribution in [1.29, 1.82) is 0 Å². The van der Waals surface area contributed by atoms with Crippen molar-refractivity contribution in [2.45, 2.75) is 19.6 Å². The summed E-state index contributed by atoms with van der Waals surface area (Å²) in [5.74, 6) is 0.135. The smallest absolute Gasteiger partial charge is 0.408 e. The topological polar surface area (TPSA) is 81.4 Å². The molecule has 3 rings (SSSR count). The van der Waals surface area contributed by atoms with Crippen LogP contribution >= 0.6 is 0 Å². The largest absolute Gasteiger partial charge is 0.445 e. The number of alkyl carbamates (subject to hydrolysis) is 1. The Kier molecular flexibility index (Phi) is 4.56. The quantitative estimate of drug-likeness (QED) is 0.797. The Morgan fingerprint density at radius 1 is 1.17 bits per heavy atom. The van der Waals surface area contributed by atoms with E-state index in [1.54, 1.807) is 31.2 Å². The molecule has 1 unspecified atom stereocenters. The van der Waals surface area contributed by atoms with Gasteiger partial charge in [-0.1, -0.05) is 42.5 Å². The van der Waals surface area contributed by atoms with E-state index in [2.05, 4.69) is 10.3 Å². The van der Waals surface area contributed by atoms with Crippen LogP contribution in [0.15, 0.2) is 63.8 Å². The lowest BCUT2D eigenvalue weighted by atomic mass is 10.2. The van der Waals surface area contributed by atoms with E-state index in [0.29, 0.717) is 10.9 Å². The summed E-state index contributed by atoms with van der Waals surface area (Å²) in [6.07, 6.45) is -0.607. The SMILES string of the molecule is CC(NC(=O)OCc1ccccc1)c1nc2ccccc2c(=O)o1. The van der Waals surface area contributed by atoms with Crippen LogP contribution in [-0.2, 0) is 11.3 Å². The van der Waals surface area contributed by atoms with E-state index in [4.69, 9.17) is 9.15 Å². The van der Waals surface area contributed by atoms with Gasteiger partial charge in [-0.25, -0.2) is 14.6 Å². The summed E-state index contributed by atoms with van der Waals surface area (Å²) >= 11 is 0. The van der Waals surface area contributed by atoms with Crippen LogP contribution in [0.4, 0.5) is 4.79 Å². The molecule has 0 saturated heterocycles. The number of aromatic nitrogens is 1. The van der Waals surface area contributed by atoms with Gasteiger partial charge in [0, 0.05) is 0 Å². The third-order valence-corrected chi connectivity index (χ3v) is 3.47. The predicted molar refractivity (Wildman–Crippen MR) is 88.5 cm³/mol. The molecule has 0 radical (unpaired) electrons. The second kappa shape index (κ2) is 6.95. The Morgan fingerprint density at radius 3 is 2.67 bits per heavy atom. The molecular weight excluding hydrogens is 308 g/mol. The van der Waals surface area contributed by atoms with E-state index >= 15 is 0 Å². The normalized spacial score (nSPS) is 11.9. The molecule has 122 valence electrons. The van der Waals surface area contributed by atoms with Gasteiger partial charge >= 0.3 is 11.7 Å². The first-order chi connectivity index (χ1) is 11.6. The predicted octanol–water partition coefficient (Wildman–Crippen LogP) is 3.18. The van der Waals surface area contributed by atoms with Crippen LogP contribution in [0.3, 0.4) is 0 Å². The molecule has 6 nitrogen and oxygen atoms in total. The van der Waals surface area contributed by atoms with Crippen LogP contribution in [0, 0.1) is 0 Å². The maximum atomic E-state index is 11.9. The molecule has 0 bridgehead atoms. The van der Waals surface area contributed by atoms with Crippen molar-refractivity contribution >= 4 is 17.0 Å². The molecule has 1 aromatic heterocycles. The van der Waals surface area contributed by atoms with Crippen molar-refractivity contribution in [3.05, 3.63) is 76.5 Å². The molecule has 24 heavy (non-hydrogen) atoms. The molecule has 6 heteroatoms. The summed E-state index contributed by atoms with van der Waals surface area (Å²) in [7, 11) is 0. The third kappa shape index (κ3) is 3.60. The zero-order chi connectivity index (χ0) is 16.9. The van der Waals surface area contributed by atoms with E-state index in [1.165, 1.54) is 0 Å². The highest BCUT2D eigenvalue weighted by Gasteiger charge is 2.16. The fourth-order valence-electron chi connectivity index (χ4n) is 2.22. The summed E-state index contributed by atoms with van der Waals surface area (Å²) in [4.78, 5) is 28.1. The second-order valence-electron chi connectivity index (χ2n) is 5.28. The first kappa shape index (κ1) is 15.7. The fraction of sp³-hybridized carbons (Fsp3) is 0.167. The highest BCUT2D eigenvalue weighted by atomic mass is 16.5. The number of hydrogen-bond acceptors (Lipinski definition) is 5. The van der Waals surface area contributed by atoms with Gasteiger partial charge in [-0.15, -0.1) is 0 Å². The van der Waals surface area contributed by atoms with Crippen LogP contribution in [0.1, 0.15) is 24.4 Å². The van der Waals surface area contributed by atoms with Gasteiger partial charge in [0.15, 0.2) is 0 Å². The lowest BCUT2D eigenvalue weighted by molar-refractivity contribution is 0.134. The van der Waals surface area contributed by atoms with Crippen LogP contribution in [0.25, 0.3) is 10.9 Å². The molecule has 1 N–H and O–H groups in total. The average Bonchev–Trinajstić information content (AvgIpc) is 2.61. The van der Waals surface area contributed by atoms with Crippen molar-refractivity contribution in [3.63, 3.8) is 0 Å². The maximum absolute atomic E-state index is 11.9. The Balaban J connectivity index is 1.67. The van der Waals surface area contributed by atoms with E-state index in [1.807, 2.05) is 30.3 Å². The van der Waals surface area contributed by atoms with Crippen molar-refractivity contribution < 1.29 is 13.9 Å². The van der Waals surface area contributed by atoms with Crippen molar-refractivity contribution in [2.75, 3.05) is 0 Å². The molecular formula is C18H16N2O4. The third-order valence-electron chi connectivity index (χ3n) is 3.47.